The lowest BCUT2D eigenvalue weighted by molar-refractivity contribution is -0.126. The lowest BCUT2D eigenvalue weighted by atomic mass is 9.97. The number of ether oxygens (including phenoxy) is 1. The van der Waals surface area contributed by atoms with Crippen LogP contribution in [0, 0.1) is 12.8 Å². The van der Waals surface area contributed by atoms with Crippen molar-refractivity contribution in [3.05, 3.63) is 64.7 Å². The van der Waals surface area contributed by atoms with Gasteiger partial charge in [0.05, 0.1) is 12.3 Å². The van der Waals surface area contributed by atoms with Crippen molar-refractivity contribution < 1.29 is 17.9 Å². The molecule has 2 aromatic rings. The lowest BCUT2D eigenvalue weighted by Gasteiger charge is -2.30. The topological polar surface area (TPSA) is 75.7 Å². The number of sulfonamides is 1. The second-order valence-electron chi connectivity index (χ2n) is 7.47. The number of hydrogen-bond acceptors (Lipinski definition) is 4. The quantitative estimate of drug-likeness (QED) is 0.625. The van der Waals surface area contributed by atoms with E-state index in [2.05, 4.69) is 5.32 Å². The summed E-state index contributed by atoms with van der Waals surface area (Å²) in [4.78, 5) is 12.4. The van der Waals surface area contributed by atoms with Gasteiger partial charge in [-0.25, -0.2) is 12.7 Å². The third-order valence-corrected chi connectivity index (χ3v) is 7.48. The zero-order chi connectivity index (χ0) is 21.6. The summed E-state index contributed by atoms with van der Waals surface area (Å²) in [6.45, 7) is 3.38. The Morgan fingerprint density at radius 3 is 2.53 bits per heavy atom. The minimum Gasteiger partial charge on any atom is -0.492 e. The van der Waals surface area contributed by atoms with Crippen molar-refractivity contribution in [1.29, 1.82) is 0 Å². The molecular formula is C22H27ClN2O4S. The summed E-state index contributed by atoms with van der Waals surface area (Å²) in [5.74, 6) is 0.421. The van der Waals surface area contributed by atoms with Crippen molar-refractivity contribution >= 4 is 27.5 Å². The molecule has 0 aromatic heterocycles. The van der Waals surface area contributed by atoms with E-state index in [0.717, 1.165) is 11.1 Å². The number of carbonyl (C=O) groups excluding carboxylic acids is 1. The van der Waals surface area contributed by atoms with Gasteiger partial charge in [-0.15, -0.1) is 0 Å². The summed E-state index contributed by atoms with van der Waals surface area (Å²) in [7, 11) is -3.37. The maximum Gasteiger partial charge on any atom is 0.223 e. The first-order valence-corrected chi connectivity index (χ1v) is 12.0. The summed E-state index contributed by atoms with van der Waals surface area (Å²) >= 11 is 6.07. The van der Waals surface area contributed by atoms with Gasteiger partial charge in [-0.1, -0.05) is 48.0 Å². The van der Waals surface area contributed by atoms with Crippen LogP contribution in [0.15, 0.2) is 48.5 Å². The predicted molar refractivity (Wildman–Crippen MR) is 118 cm³/mol. The Kier molecular flexibility index (Phi) is 7.75. The maximum absolute atomic E-state index is 12.6. The van der Waals surface area contributed by atoms with Crippen molar-refractivity contribution in [2.24, 2.45) is 5.92 Å². The molecule has 0 radical (unpaired) electrons. The zero-order valence-electron chi connectivity index (χ0n) is 17.0. The van der Waals surface area contributed by atoms with Crippen LogP contribution >= 0.6 is 11.6 Å². The molecule has 0 aliphatic carbocycles. The standard InChI is InChI=1S/C22H27ClN2O4S/c1-17-7-8-20(15-21(17)23)29-14-11-24-22(26)19-9-12-25(13-10-19)30(27,28)16-18-5-3-2-4-6-18/h2-8,15,19H,9-14,16H2,1H3,(H,24,26). The van der Waals surface area contributed by atoms with Gasteiger partial charge >= 0.3 is 0 Å². The average Bonchev–Trinajstić information content (AvgIpc) is 2.74. The van der Waals surface area contributed by atoms with E-state index in [4.69, 9.17) is 16.3 Å². The molecule has 1 fully saturated rings. The van der Waals surface area contributed by atoms with Crippen molar-refractivity contribution in [1.82, 2.24) is 9.62 Å². The van der Waals surface area contributed by atoms with Crippen LogP contribution in [0.25, 0.3) is 0 Å². The van der Waals surface area contributed by atoms with Crippen LogP contribution in [-0.2, 0) is 20.6 Å². The summed E-state index contributed by atoms with van der Waals surface area (Å²) in [5, 5.41) is 3.52. The maximum atomic E-state index is 12.6. The molecular weight excluding hydrogens is 424 g/mol. The lowest BCUT2D eigenvalue weighted by Crippen LogP contribution is -2.43. The van der Waals surface area contributed by atoms with Crippen LogP contribution in [-0.4, -0.2) is 44.9 Å². The molecule has 0 atom stereocenters. The minimum absolute atomic E-state index is 0.00886. The highest BCUT2D eigenvalue weighted by Crippen LogP contribution is 2.23. The first-order valence-electron chi connectivity index (χ1n) is 10.0. The number of benzene rings is 2. The molecule has 8 heteroatoms. The number of nitrogens with zero attached hydrogens (tertiary/aromatic N) is 1. The summed E-state index contributed by atoms with van der Waals surface area (Å²) in [6, 6.07) is 14.6. The van der Waals surface area contributed by atoms with Gasteiger partial charge < -0.3 is 10.1 Å². The van der Waals surface area contributed by atoms with Crippen molar-refractivity contribution in [3.63, 3.8) is 0 Å². The van der Waals surface area contributed by atoms with Gasteiger partial charge in [0, 0.05) is 24.0 Å². The molecule has 1 N–H and O–H groups in total. The third kappa shape index (κ3) is 6.20. The van der Waals surface area contributed by atoms with Gasteiger partial charge in [-0.3, -0.25) is 4.79 Å². The second kappa shape index (κ2) is 10.3. The van der Waals surface area contributed by atoms with Gasteiger partial charge in [0.25, 0.3) is 0 Å². The van der Waals surface area contributed by atoms with E-state index in [-0.39, 0.29) is 17.6 Å². The molecule has 1 saturated heterocycles. The molecule has 0 spiro atoms. The first-order chi connectivity index (χ1) is 14.3. The van der Waals surface area contributed by atoms with Crippen molar-refractivity contribution in [3.8, 4) is 5.75 Å². The molecule has 3 rings (SSSR count). The van der Waals surface area contributed by atoms with Gasteiger partial charge in [-0.2, -0.15) is 0 Å². The number of hydrogen-bond donors (Lipinski definition) is 1. The number of amides is 1. The van der Waals surface area contributed by atoms with E-state index in [1.165, 1.54) is 4.31 Å². The molecule has 0 bridgehead atoms. The van der Waals surface area contributed by atoms with Crippen LogP contribution in [0.2, 0.25) is 5.02 Å². The summed E-state index contributed by atoms with van der Waals surface area (Å²) < 4.78 is 32.3. The van der Waals surface area contributed by atoms with E-state index < -0.39 is 10.0 Å². The summed E-state index contributed by atoms with van der Waals surface area (Å²) in [5.41, 5.74) is 1.75. The predicted octanol–water partition coefficient (Wildman–Crippen LogP) is 3.39. The summed E-state index contributed by atoms with van der Waals surface area (Å²) in [6.07, 6.45) is 1.04. The fourth-order valence-corrected chi connectivity index (χ4v) is 5.16. The van der Waals surface area contributed by atoms with Crippen LogP contribution in [0.4, 0.5) is 0 Å². The Morgan fingerprint density at radius 1 is 1.17 bits per heavy atom. The Balaban J connectivity index is 1.40. The number of carbonyl (C=O) groups is 1. The molecule has 1 aliphatic rings. The first kappa shape index (κ1) is 22.6. The Hall–Kier alpha value is -2.09. The normalized spacial score (nSPS) is 15.7. The number of aryl methyl sites for hydroxylation is 1. The highest BCUT2D eigenvalue weighted by molar-refractivity contribution is 7.88. The smallest absolute Gasteiger partial charge is 0.223 e. The van der Waals surface area contributed by atoms with Gasteiger partial charge in [0.1, 0.15) is 12.4 Å². The Morgan fingerprint density at radius 2 is 1.87 bits per heavy atom. The fourth-order valence-electron chi connectivity index (χ4n) is 3.42. The van der Waals surface area contributed by atoms with Gasteiger partial charge in [0.15, 0.2) is 0 Å². The van der Waals surface area contributed by atoms with E-state index in [1.54, 1.807) is 6.07 Å². The Bertz CT molecular complexity index is 958. The monoisotopic (exact) mass is 450 g/mol. The van der Waals surface area contributed by atoms with E-state index in [1.807, 2.05) is 49.4 Å². The van der Waals surface area contributed by atoms with Gasteiger partial charge in [0.2, 0.25) is 15.9 Å². The van der Waals surface area contributed by atoms with Crippen LogP contribution < -0.4 is 10.1 Å². The number of piperidine rings is 1. The Labute approximate surface area is 183 Å². The molecule has 2 aromatic carbocycles. The third-order valence-electron chi connectivity index (χ3n) is 5.22. The second-order valence-corrected chi connectivity index (χ2v) is 9.84. The van der Waals surface area contributed by atoms with Crippen LogP contribution in [0.5, 0.6) is 5.75 Å². The SMILES string of the molecule is Cc1ccc(OCCNC(=O)C2CCN(S(=O)(=O)Cc3ccccc3)CC2)cc1Cl. The van der Waals surface area contributed by atoms with Crippen LogP contribution in [0.1, 0.15) is 24.0 Å². The molecule has 6 nitrogen and oxygen atoms in total. The zero-order valence-corrected chi connectivity index (χ0v) is 18.6. The fraction of sp³-hybridized carbons (Fsp3) is 0.409. The number of halogens is 1. The van der Waals surface area contributed by atoms with Gasteiger partial charge in [-0.05, 0) is 43.0 Å². The largest absolute Gasteiger partial charge is 0.492 e. The van der Waals surface area contributed by atoms with Crippen molar-refractivity contribution in [2.45, 2.75) is 25.5 Å². The van der Waals surface area contributed by atoms with E-state index in [0.29, 0.717) is 49.9 Å². The molecule has 0 saturated carbocycles. The molecule has 162 valence electrons. The molecule has 30 heavy (non-hydrogen) atoms. The highest BCUT2D eigenvalue weighted by atomic mass is 35.5. The molecule has 1 aliphatic heterocycles. The average molecular weight is 451 g/mol. The van der Waals surface area contributed by atoms with E-state index >= 15 is 0 Å². The minimum atomic E-state index is -3.37. The number of rotatable bonds is 8. The molecule has 1 amide bonds. The van der Waals surface area contributed by atoms with E-state index in [9.17, 15) is 13.2 Å². The highest BCUT2D eigenvalue weighted by Gasteiger charge is 2.31. The van der Waals surface area contributed by atoms with Crippen molar-refractivity contribution in [2.75, 3.05) is 26.2 Å². The molecule has 0 unspecified atom stereocenters. The number of nitrogens with one attached hydrogen (secondary N) is 1. The van der Waals surface area contributed by atoms with Crippen LogP contribution in [0.3, 0.4) is 0 Å². The molecule has 1 heterocycles.